The molecule has 5 nitrogen and oxygen atoms in total. The van der Waals surface area contributed by atoms with Gasteiger partial charge in [0.1, 0.15) is 15.6 Å². The average Bonchev–Trinajstić information content (AvgIpc) is 3.07. The molecule has 2 aromatic heterocycles. The number of halogens is 4. The Morgan fingerprint density at radius 3 is 2.48 bits per heavy atom. The van der Waals surface area contributed by atoms with Crippen molar-refractivity contribution in [2.24, 2.45) is 5.73 Å². The first kappa shape index (κ1) is 20.4. The molecule has 0 unspecified atom stereocenters. The van der Waals surface area contributed by atoms with Crippen molar-refractivity contribution in [3.05, 3.63) is 28.3 Å². The van der Waals surface area contributed by atoms with Crippen LogP contribution >= 0.6 is 47.6 Å². The Kier molecular flexibility index (Phi) is 6.37. The summed E-state index contributed by atoms with van der Waals surface area (Å²) in [6.45, 7) is 2.08. The van der Waals surface area contributed by atoms with Crippen LogP contribution < -0.4 is 5.73 Å². The maximum atomic E-state index is 12.3. The number of rotatable bonds is 2. The Bertz CT molecular complexity index is 832. The van der Waals surface area contributed by atoms with Gasteiger partial charge in [-0.1, -0.05) is 23.2 Å². The second kappa shape index (κ2) is 7.79. The van der Waals surface area contributed by atoms with E-state index >= 15 is 0 Å². The smallest absolute Gasteiger partial charge is 0.285 e. The van der Waals surface area contributed by atoms with Gasteiger partial charge in [0.05, 0.1) is 5.02 Å². The van der Waals surface area contributed by atoms with Crippen LogP contribution in [0.15, 0.2) is 17.2 Å². The van der Waals surface area contributed by atoms with Gasteiger partial charge in [0.2, 0.25) is 0 Å². The molecule has 2 aromatic rings. The molecule has 1 aliphatic rings. The zero-order valence-electron chi connectivity index (χ0n) is 13.0. The van der Waals surface area contributed by atoms with Gasteiger partial charge < -0.3 is 5.73 Å². The highest BCUT2D eigenvalue weighted by Crippen LogP contribution is 2.31. The molecule has 25 heavy (non-hydrogen) atoms. The van der Waals surface area contributed by atoms with Crippen LogP contribution in [0.3, 0.4) is 0 Å². The number of thioether (sulfide) groups is 1. The second-order valence-corrected chi connectivity index (χ2v) is 8.08. The van der Waals surface area contributed by atoms with Gasteiger partial charge in [0, 0.05) is 16.6 Å². The zero-order chi connectivity index (χ0) is 18.9. The summed E-state index contributed by atoms with van der Waals surface area (Å²) in [5.74, 6) is 0.0261. The largest absolute Gasteiger partial charge is 0.325 e. The molecule has 0 aromatic carbocycles. The third-order valence-electron chi connectivity index (χ3n) is 3.28. The predicted octanol–water partition coefficient (Wildman–Crippen LogP) is 4.73. The van der Waals surface area contributed by atoms with Gasteiger partial charge in [-0.05, 0) is 37.6 Å². The van der Waals surface area contributed by atoms with E-state index in [0.29, 0.717) is 22.2 Å². The fourth-order valence-corrected chi connectivity index (χ4v) is 3.15. The molecule has 0 atom stereocenters. The number of aromatic nitrogens is 2. The van der Waals surface area contributed by atoms with Crippen molar-refractivity contribution in [1.29, 1.82) is 10.8 Å². The van der Waals surface area contributed by atoms with E-state index in [4.69, 9.17) is 39.8 Å². The molecule has 11 heteroatoms. The van der Waals surface area contributed by atoms with E-state index in [-0.39, 0.29) is 26.6 Å². The number of hydrogen-bond acceptors (Lipinski definition) is 6. The van der Waals surface area contributed by atoms with Crippen LogP contribution in [0.25, 0.3) is 5.52 Å². The highest BCUT2D eigenvalue weighted by atomic mass is 35.5. The summed E-state index contributed by atoms with van der Waals surface area (Å²) in [7, 11) is 0. The van der Waals surface area contributed by atoms with Gasteiger partial charge >= 0.3 is 0 Å². The third-order valence-corrected chi connectivity index (χ3v) is 4.86. The molecule has 1 fully saturated rings. The first-order valence-electron chi connectivity index (χ1n) is 7.00. The maximum absolute atomic E-state index is 12.3. The van der Waals surface area contributed by atoms with E-state index in [2.05, 4.69) is 24.5 Å². The number of nitrogens with zero attached hydrogens (tertiary/aromatic N) is 2. The highest BCUT2D eigenvalue weighted by Gasteiger charge is 2.31. The van der Waals surface area contributed by atoms with Crippen LogP contribution in [0.2, 0.25) is 10.2 Å². The summed E-state index contributed by atoms with van der Waals surface area (Å²) in [4.78, 5) is 4.43. The lowest BCUT2D eigenvalue weighted by Crippen LogP contribution is -2.14. The van der Waals surface area contributed by atoms with Gasteiger partial charge in [0.25, 0.3) is 6.43 Å². The number of nitrogens with one attached hydrogen (secondary N) is 2. The minimum Gasteiger partial charge on any atom is -0.325 e. The van der Waals surface area contributed by atoms with Gasteiger partial charge in [-0.2, -0.15) is 0 Å². The minimum absolute atomic E-state index is 0.0261. The quantitative estimate of drug-likeness (QED) is 0.318. The van der Waals surface area contributed by atoms with Crippen LogP contribution in [0.5, 0.6) is 0 Å². The van der Waals surface area contributed by atoms with E-state index in [1.54, 1.807) is 6.07 Å². The van der Waals surface area contributed by atoms with Gasteiger partial charge in [-0.25, -0.2) is 13.8 Å². The number of hydrogen-bond donors (Lipinski definition) is 4. The Morgan fingerprint density at radius 2 is 2.00 bits per heavy atom. The molecule has 0 saturated heterocycles. The summed E-state index contributed by atoms with van der Waals surface area (Å²) >= 11 is 16.4. The standard InChI is InChI=1S/C10H6Cl2F2N4S2.C4H9N/c11-4-1-3(19)2-18-5(4)6(12)17-10(18)9(16)20-8(15)7(13)14;1-4(5)2-3-4/h1-2,7,15-16,19H;2-3,5H2,1H3. The van der Waals surface area contributed by atoms with Crippen molar-refractivity contribution in [3.63, 3.8) is 0 Å². The van der Waals surface area contributed by atoms with Crippen LogP contribution in [-0.2, 0) is 0 Å². The van der Waals surface area contributed by atoms with Gasteiger partial charge in [0.15, 0.2) is 11.0 Å². The molecule has 1 aliphatic carbocycles. The molecule has 4 N–H and O–H groups in total. The highest BCUT2D eigenvalue weighted by molar-refractivity contribution is 8.26. The SMILES string of the molecule is CC1(N)CC1.N=C(SC(=N)C(F)F)c1nc(Cl)c2c(Cl)cc(S)cn12. The van der Waals surface area contributed by atoms with Crippen LogP contribution in [0.4, 0.5) is 8.78 Å². The normalized spacial score (nSPS) is 15.0. The summed E-state index contributed by atoms with van der Waals surface area (Å²) in [6, 6.07) is 1.55. The molecule has 136 valence electrons. The number of thiol groups is 1. The number of pyridine rings is 1. The molecule has 2 heterocycles. The Morgan fingerprint density at radius 1 is 1.44 bits per heavy atom. The molecule has 0 aliphatic heterocycles. The topological polar surface area (TPSA) is 91.0 Å². The lowest BCUT2D eigenvalue weighted by atomic mass is 10.4. The Labute approximate surface area is 162 Å². The van der Waals surface area contributed by atoms with E-state index in [0.717, 1.165) is 0 Å². The van der Waals surface area contributed by atoms with Crippen molar-refractivity contribution in [1.82, 2.24) is 9.38 Å². The van der Waals surface area contributed by atoms with Crippen molar-refractivity contribution >= 4 is 63.2 Å². The van der Waals surface area contributed by atoms with E-state index in [9.17, 15) is 8.78 Å². The van der Waals surface area contributed by atoms with Gasteiger partial charge in [-0.3, -0.25) is 15.2 Å². The molecule has 3 rings (SSSR count). The summed E-state index contributed by atoms with van der Waals surface area (Å²) in [5, 5.41) is 13.9. The Balaban J connectivity index is 0.000000386. The number of fused-ring (bicyclic) bond motifs is 1. The number of nitrogens with two attached hydrogens (primary N) is 1. The first-order chi connectivity index (χ1) is 11.5. The molecule has 0 radical (unpaired) electrons. The van der Waals surface area contributed by atoms with Crippen molar-refractivity contribution in [2.45, 2.75) is 36.6 Å². The van der Waals surface area contributed by atoms with Gasteiger partial charge in [-0.15, -0.1) is 12.6 Å². The van der Waals surface area contributed by atoms with E-state index in [1.807, 2.05) is 0 Å². The molecular formula is C14H15Cl2F2N5S2. The first-order valence-corrected chi connectivity index (χ1v) is 9.02. The summed E-state index contributed by atoms with van der Waals surface area (Å²) < 4.78 is 26.0. The van der Waals surface area contributed by atoms with E-state index in [1.165, 1.54) is 23.4 Å². The van der Waals surface area contributed by atoms with Crippen molar-refractivity contribution < 1.29 is 8.78 Å². The number of alkyl halides is 2. The van der Waals surface area contributed by atoms with Crippen LogP contribution in [0, 0.1) is 10.8 Å². The monoisotopic (exact) mass is 425 g/mol. The molecule has 0 bridgehead atoms. The van der Waals surface area contributed by atoms with Crippen molar-refractivity contribution in [3.8, 4) is 0 Å². The number of imidazole rings is 1. The minimum atomic E-state index is -2.94. The predicted molar refractivity (Wildman–Crippen MR) is 102 cm³/mol. The fourth-order valence-electron chi connectivity index (χ4n) is 1.67. The molecule has 0 spiro atoms. The molecule has 1 saturated carbocycles. The maximum Gasteiger partial charge on any atom is 0.285 e. The van der Waals surface area contributed by atoms with E-state index < -0.39 is 11.5 Å². The van der Waals surface area contributed by atoms with Crippen molar-refractivity contribution in [2.75, 3.05) is 0 Å². The van der Waals surface area contributed by atoms with Crippen LogP contribution in [0.1, 0.15) is 25.6 Å². The fraction of sp³-hybridized carbons (Fsp3) is 0.357. The molecule has 0 amide bonds. The Hall–Kier alpha value is -0.870. The average molecular weight is 426 g/mol. The lowest BCUT2D eigenvalue weighted by Gasteiger charge is -2.05. The molecular weight excluding hydrogens is 411 g/mol. The third kappa shape index (κ3) is 5.30. The summed E-state index contributed by atoms with van der Waals surface area (Å²) in [6.07, 6.45) is 1.03. The zero-order valence-corrected chi connectivity index (χ0v) is 16.2. The van der Waals surface area contributed by atoms with Crippen LogP contribution in [-0.4, -0.2) is 31.4 Å². The second-order valence-electron chi connectivity index (χ2n) is 5.74. The lowest BCUT2D eigenvalue weighted by molar-refractivity contribution is 0.228. The summed E-state index contributed by atoms with van der Waals surface area (Å²) in [5.41, 5.74) is 6.07.